The van der Waals surface area contributed by atoms with Crippen molar-refractivity contribution in [2.75, 3.05) is 27.4 Å². The van der Waals surface area contributed by atoms with Gasteiger partial charge in [-0.25, -0.2) is 9.79 Å². The zero-order valence-corrected chi connectivity index (χ0v) is 21.6. The Kier molecular flexibility index (Phi) is 8.00. The topological polar surface area (TPSA) is 89.5 Å². The molecule has 2 aliphatic heterocycles. The second-order valence-electron chi connectivity index (χ2n) is 7.99. The number of thioether (sulfide) groups is 1. The second-order valence-corrected chi connectivity index (χ2v) is 8.82. The Morgan fingerprint density at radius 2 is 1.81 bits per heavy atom. The highest BCUT2D eigenvalue weighted by molar-refractivity contribution is 8.16. The van der Waals surface area contributed by atoms with Crippen molar-refractivity contribution in [3.05, 3.63) is 76.3 Å². The van der Waals surface area contributed by atoms with Crippen molar-refractivity contribution >= 4 is 34.5 Å². The van der Waals surface area contributed by atoms with Crippen LogP contribution in [0.2, 0.25) is 0 Å². The predicted molar refractivity (Wildman–Crippen MR) is 141 cm³/mol. The van der Waals surface area contributed by atoms with E-state index in [1.54, 1.807) is 27.2 Å². The fourth-order valence-corrected chi connectivity index (χ4v) is 5.17. The number of nitrogens with one attached hydrogen (secondary N) is 1. The molecule has 1 atom stereocenters. The van der Waals surface area contributed by atoms with Crippen molar-refractivity contribution in [2.24, 2.45) is 4.99 Å². The van der Waals surface area contributed by atoms with E-state index in [0.717, 1.165) is 16.8 Å². The van der Waals surface area contributed by atoms with Crippen molar-refractivity contribution in [3.63, 3.8) is 0 Å². The fourth-order valence-electron chi connectivity index (χ4n) is 4.25. The number of amides is 1. The molecule has 0 saturated carbocycles. The van der Waals surface area contributed by atoms with Crippen molar-refractivity contribution < 1.29 is 23.8 Å². The molecular weight excluding hydrogens is 478 g/mol. The van der Waals surface area contributed by atoms with Crippen LogP contribution in [-0.2, 0) is 14.3 Å². The molecule has 188 valence electrons. The van der Waals surface area contributed by atoms with Gasteiger partial charge in [0, 0.05) is 17.8 Å². The Labute approximate surface area is 215 Å². The average Bonchev–Trinajstić information content (AvgIpc) is 3.30. The molecule has 2 aliphatic rings. The van der Waals surface area contributed by atoms with Gasteiger partial charge >= 0.3 is 5.97 Å². The molecule has 2 heterocycles. The first-order valence-electron chi connectivity index (χ1n) is 11.7. The number of methoxy groups -OCH3 is 2. The Bertz CT molecular complexity index is 1240. The molecule has 0 aromatic heterocycles. The third kappa shape index (κ3) is 4.97. The number of ether oxygens (including phenoxy) is 3. The first kappa shape index (κ1) is 25.4. The molecule has 0 aliphatic carbocycles. The molecule has 0 fully saturated rings. The summed E-state index contributed by atoms with van der Waals surface area (Å²) in [6.45, 7) is 4.40. The van der Waals surface area contributed by atoms with E-state index < -0.39 is 12.0 Å². The number of esters is 1. The normalized spacial score (nSPS) is 16.7. The maximum Gasteiger partial charge on any atom is 0.338 e. The van der Waals surface area contributed by atoms with Crippen LogP contribution >= 0.6 is 11.8 Å². The largest absolute Gasteiger partial charge is 0.493 e. The van der Waals surface area contributed by atoms with Crippen LogP contribution in [0.1, 0.15) is 37.4 Å². The lowest BCUT2D eigenvalue weighted by Crippen LogP contribution is -2.38. The number of rotatable bonds is 9. The van der Waals surface area contributed by atoms with E-state index >= 15 is 0 Å². The minimum absolute atomic E-state index is 0.104. The average molecular weight is 508 g/mol. The zero-order chi connectivity index (χ0) is 25.7. The van der Waals surface area contributed by atoms with Crippen LogP contribution in [0.25, 0.3) is 5.70 Å². The SMILES string of the molecule is CCNC(=O)CC1=CSC2=NC(c3ccccc3)=C(C(=O)OCC)C(c3ccc(OC)c(OC)c3)N12. The second kappa shape index (κ2) is 11.3. The lowest BCUT2D eigenvalue weighted by molar-refractivity contribution is -0.139. The van der Waals surface area contributed by atoms with Crippen LogP contribution in [0.3, 0.4) is 0 Å². The van der Waals surface area contributed by atoms with Gasteiger partial charge in [-0.05, 0) is 37.0 Å². The highest BCUT2D eigenvalue weighted by Gasteiger charge is 2.42. The van der Waals surface area contributed by atoms with Crippen molar-refractivity contribution in [3.8, 4) is 11.5 Å². The standard InChI is InChI=1S/C27H29N3O5S/c1-5-28-22(31)15-19-16-36-27-29-24(17-10-8-7-9-11-17)23(26(32)35-6-2)25(30(19)27)18-12-13-20(33-3)21(14-18)34-4/h7-14,16,25H,5-6,15H2,1-4H3,(H,28,31). The van der Waals surface area contributed by atoms with Gasteiger partial charge in [-0.1, -0.05) is 48.2 Å². The van der Waals surface area contributed by atoms with Crippen molar-refractivity contribution in [1.82, 2.24) is 10.2 Å². The molecule has 0 spiro atoms. The van der Waals surface area contributed by atoms with Gasteiger partial charge in [0.15, 0.2) is 16.7 Å². The number of amidine groups is 1. The van der Waals surface area contributed by atoms with E-state index in [9.17, 15) is 9.59 Å². The third-order valence-electron chi connectivity index (χ3n) is 5.79. The van der Waals surface area contributed by atoms with Gasteiger partial charge in [-0.15, -0.1) is 0 Å². The Morgan fingerprint density at radius 1 is 1.06 bits per heavy atom. The van der Waals surface area contributed by atoms with Crippen LogP contribution in [0, 0.1) is 0 Å². The number of fused-ring (bicyclic) bond motifs is 1. The molecule has 8 nitrogen and oxygen atoms in total. The number of nitrogens with zero attached hydrogens (tertiary/aromatic N) is 2. The summed E-state index contributed by atoms with van der Waals surface area (Å²) in [5.74, 6) is 0.537. The number of hydrogen-bond donors (Lipinski definition) is 1. The third-order valence-corrected chi connectivity index (χ3v) is 6.68. The summed E-state index contributed by atoms with van der Waals surface area (Å²) in [7, 11) is 3.14. The van der Waals surface area contributed by atoms with Crippen LogP contribution in [0.15, 0.2) is 70.2 Å². The van der Waals surface area contributed by atoms with E-state index in [0.29, 0.717) is 34.5 Å². The van der Waals surface area contributed by atoms with Gasteiger partial charge in [0.1, 0.15) is 0 Å². The molecule has 0 saturated heterocycles. The van der Waals surface area contributed by atoms with E-state index in [1.807, 2.05) is 59.7 Å². The van der Waals surface area contributed by atoms with Crippen LogP contribution in [-0.4, -0.2) is 49.3 Å². The molecular formula is C27H29N3O5S. The van der Waals surface area contributed by atoms with Crippen LogP contribution < -0.4 is 14.8 Å². The number of benzene rings is 2. The first-order chi connectivity index (χ1) is 17.5. The quantitative estimate of drug-likeness (QED) is 0.500. The number of carbonyl (C=O) groups excluding carboxylic acids is 2. The van der Waals surface area contributed by atoms with E-state index in [-0.39, 0.29) is 18.9 Å². The molecule has 1 amide bonds. The van der Waals surface area contributed by atoms with Gasteiger partial charge in [0.05, 0.1) is 44.6 Å². The molecule has 4 rings (SSSR count). The van der Waals surface area contributed by atoms with Gasteiger partial charge in [0.25, 0.3) is 0 Å². The van der Waals surface area contributed by atoms with Gasteiger partial charge in [-0.2, -0.15) is 0 Å². The molecule has 9 heteroatoms. The summed E-state index contributed by atoms with van der Waals surface area (Å²) in [5.41, 5.74) is 3.26. The van der Waals surface area contributed by atoms with Crippen LogP contribution in [0.5, 0.6) is 11.5 Å². The minimum Gasteiger partial charge on any atom is -0.493 e. The van der Waals surface area contributed by atoms with Gasteiger partial charge < -0.3 is 24.4 Å². The zero-order valence-electron chi connectivity index (χ0n) is 20.7. The lowest BCUT2D eigenvalue weighted by Gasteiger charge is -2.37. The van der Waals surface area contributed by atoms with Crippen molar-refractivity contribution in [2.45, 2.75) is 26.3 Å². The summed E-state index contributed by atoms with van der Waals surface area (Å²) in [6, 6.07) is 14.5. The van der Waals surface area contributed by atoms with E-state index in [2.05, 4.69) is 5.32 Å². The van der Waals surface area contributed by atoms with E-state index in [4.69, 9.17) is 19.2 Å². The maximum absolute atomic E-state index is 13.5. The summed E-state index contributed by atoms with van der Waals surface area (Å²) in [4.78, 5) is 32.9. The van der Waals surface area contributed by atoms with Gasteiger partial charge in [-0.3, -0.25) is 4.79 Å². The summed E-state index contributed by atoms with van der Waals surface area (Å²) in [5, 5.41) is 5.45. The molecule has 1 N–H and O–H groups in total. The molecule has 2 aromatic carbocycles. The summed E-state index contributed by atoms with van der Waals surface area (Å²) in [6.07, 6.45) is 0.153. The smallest absolute Gasteiger partial charge is 0.338 e. The monoisotopic (exact) mass is 507 g/mol. The Morgan fingerprint density at radius 3 is 2.47 bits per heavy atom. The first-order valence-corrected chi connectivity index (χ1v) is 12.6. The van der Waals surface area contributed by atoms with Crippen LogP contribution in [0.4, 0.5) is 0 Å². The molecule has 0 radical (unpaired) electrons. The highest BCUT2D eigenvalue weighted by Crippen LogP contribution is 2.48. The Hall–Kier alpha value is -3.72. The molecule has 36 heavy (non-hydrogen) atoms. The van der Waals surface area contributed by atoms with E-state index in [1.165, 1.54) is 11.8 Å². The lowest BCUT2D eigenvalue weighted by atomic mass is 9.91. The van der Waals surface area contributed by atoms with Gasteiger partial charge in [0.2, 0.25) is 5.91 Å². The number of hydrogen-bond acceptors (Lipinski definition) is 8. The maximum atomic E-state index is 13.5. The minimum atomic E-state index is -0.595. The number of carbonyl (C=O) groups is 2. The molecule has 1 unspecified atom stereocenters. The molecule has 0 bridgehead atoms. The predicted octanol–water partition coefficient (Wildman–Crippen LogP) is 4.51. The summed E-state index contributed by atoms with van der Waals surface area (Å²) < 4.78 is 16.5. The highest BCUT2D eigenvalue weighted by atomic mass is 32.2. The number of aliphatic imine (C=N–C) groups is 1. The van der Waals surface area contributed by atoms with Crippen molar-refractivity contribution in [1.29, 1.82) is 0 Å². The molecule has 2 aromatic rings. The Balaban J connectivity index is 1.93. The fraction of sp³-hybridized carbons (Fsp3) is 0.296. The summed E-state index contributed by atoms with van der Waals surface area (Å²) >= 11 is 1.43.